The smallest absolute Gasteiger partial charge is 0.328 e. The lowest BCUT2D eigenvalue weighted by molar-refractivity contribution is -0.150. The predicted octanol–water partition coefficient (Wildman–Crippen LogP) is 3.82. The number of hydrogen-bond acceptors (Lipinski definition) is 8. The summed E-state index contributed by atoms with van der Waals surface area (Å²) in [4.78, 5) is 21.7. The quantitative estimate of drug-likeness (QED) is 0.459. The lowest BCUT2D eigenvalue weighted by atomic mass is 10.0. The van der Waals surface area contributed by atoms with Gasteiger partial charge in [0.1, 0.15) is 11.8 Å². The SMILES string of the molecule is CCOC(=O)[C@@H](c1ccc(Cl)cc1)N1CCN(Cc2noc(-c3ccc(OC)cc3)n2)CC1. The monoisotopic (exact) mass is 470 g/mol. The normalized spacial score (nSPS) is 15.8. The fourth-order valence-electron chi connectivity index (χ4n) is 3.91. The molecule has 0 amide bonds. The van der Waals surface area contributed by atoms with Gasteiger partial charge in [0, 0.05) is 36.8 Å². The van der Waals surface area contributed by atoms with Gasteiger partial charge in [-0.05, 0) is 48.9 Å². The van der Waals surface area contributed by atoms with Crippen LogP contribution >= 0.6 is 11.6 Å². The minimum Gasteiger partial charge on any atom is -0.497 e. The Morgan fingerprint density at radius 1 is 1.09 bits per heavy atom. The van der Waals surface area contributed by atoms with Crippen molar-refractivity contribution in [3.8, 4) is 17.2 Å². The summed E-state index contributed by atoms with van der Waals surface area (Å²) >= 11 is 6.03. The third-order valence-electron chi connectivity index (χ3n) is 5.64. The Labute approximate surface area is 198 Å². The molecule has 2 aromatic carbocycles. The maximum atomic E-state index is 12.7. The van der Waals surface area contributed by atoms with Crippen LogP contribution in [0.1, 0.15) is 24.4 Å². The second-order valence-corrected chi connectivity index (χ2v) is 8.20. The first-order valence-corrected chi connectivity index (χ1v) is 11.3. The van der Waals surface area contributed by atoms with Crippen molar-refractivity contribution in [3.63, 3.8) is 0 Å². The Morgan fingerprint density at radius 2 is 1.79 bits per heavy atom. The van der Waals surface area contributed by atoms with Gasteiger partial charge in [0.05, 0.1) is 20.3 Å². The van der Waals surface area contributed by atoms with Gasteiger partial charge < -0.3 is 14.0 Å². The van der Waals surface area contributed by atoms with E-state index in [1.807, 2.05) is 43.3 Å². The molecule has 1 aromatic heterocycles. The maximum absolute atomic E-state index is 12.7. The standard InChI is InChI=1S/C24H27ClN4O4/c1-3-32-24(30)22(17-4-8-19(25)9-5-17)29-14-12-28(13-15-29)16-21-26-23(33-27-21)18-6-10-20(31-2)11-7-18/h4-11,22H,3,12-16H2,1-2H3/t22-/m1/s1. The van der Waals surface area contributed by atoms with Gasteiger partial charge in [-0.1, -0.05) is 28.9 Å². The van der Waals surface area contributed by atoms with Gasteiger partial charge in [0.15, 0.2) is 5.82 Å². The number of halogens is 1. The van der Waals surface area contributed by atoms with Crippen molar-refractivity contribution in [2.75, 3.05) is 39.9 Å². The van der Waals surface area contributed by atoms with E-state index in [9.17, 15) is 4.79 Å². The summed E-state index contributed by atoms with van der Waals surface area (Å²) in [7, 11) is 1.63. The van der Waals surface area contributed by atoms with Crippen LogP contribution in [0.25, 0.3) is 11.5 Å². The molecule has 9 heteroatoms. The Hall–Kier alpha value is -2.94. The molecule has 1 aliphatic heterocycles. The van der Waals surface area contributed by atoms with E-state index in [0.717, 1.165) is 43.1 Å². The van der Waals surface area contributed by atoms with Crippen molar-refractivity contribution in [1.29, 1.82) is 0 Å². The summed E-state index contributed by atoms with van der Waals surface area (Å²) < 4.78 is 16.0. The summed E-state index contributed by atoms with van der Waals surface area (Å²) in [5, 5.41) is 4.77. The number of carbonyl (C=O) groups excluding carboxylic acids is 1. The zero-order chi connectivity index (χ0) is 23.2. The van der Waals surface area contributed by atoms with Crippen LogP contribution in [0.2, 0.25) is 5.02 Å². The molecule has 174 valence electrons. The summed E-state index contributed by atoms with van der Waals surface area (Å²) in [6, 6.07) is 14.4. The van der Waals surface area contributed by atoms with Crippen molar-refractivity contribution in [1.82, 2.24) is 19.9 Å². The molecule has 0 spiro atoms. The molecule has 8 nitrogen and oxygen atoms in total. The highest BCUT2D eigenvalue weighted by Gasteiger charge is 2.32. The Kier molecular flexibility index (Phi) is 7.59. The predicted molar refractivity (Wildman–Crippen MR) is 124 cm³/mol. The van der Waals surface area contributed by atoms with Crippen molar-refractivity contribution in [3.05, 3.63) is 64.9 Å². The molecule has 0 saturated carbocycles. The molecule has 1 saturated heterocycles. The minimum absolute atomic E-state index is 0.240. The lowest BCUT2D eigenvalue weighted by Gasteiger charge is -2.38. The van der Waals surface area contributed by atoms with E-state index in [4.69, 9.17) is 25.6 Å². The van der Waals surface area contributed by atoms with E-state index >= 15 is 0 Å². The van der Waals surface area contributed by atoms with Crippen LogP contribution in [-0.4, -0.2) is 65.8 Å². The molecule has 4 rings (SSSR count). The van der Waals surface area contributed by atoms with Crippen LogP contribution in [0.3, 0.4) is 0 Å². The molecule has 33 heavy (non-hydrogen) atoms. The van der Waals surface area contributed by atoms with Crippen molar-refractivity contribution < 1.29 is 18.8 Å². The zero-order valence-electron chi connectivity index (χ0n) is 18.7. The van der Waals surface area contributed by atoms with Crippen LogP contribution in [-0.2, 0) is 16.1 Å². The second-order valence-electron chi connectivity index (χ2n) is 7.76. The van der Waals surface area contributed by atoms with E-state index in [2.05, 4.69) is 19.9 Å². The van der Waals surface area contributed by atoms with Gasteiger partial charge in [-0.3, -0.25) is 9.80 Å². The van der Waals surface area contributed by atoms with Gasteiger partial charge in [0.25, 0.3) is 5.89 Å². The molecule has 2 heterocycles. The molecule has 0 bridgehead atoms. The van der Waals surface area contributed by atoms with Crippen LogP contribution in [0.4, 0.5) is 0 Å². The topological polar surface area (TPSA) is 80.9 Å². The van der Waals surface area contributed by atoms with E-state index in [1.54, 1.807) is 19.2 Å². The van der Waals surface area contributed by atoms with Gasteiger partial charge in [0.2, 0.25) is 0 Å². The van der Waals surface area contributed by atoms with Crippen molar-refractivity contribution in [2.24, 2.45) is 0 Å². The number of aromatic nitrogens is 2. The number of carbonyl (C=O) groups is 1. The first-order valence-electron chi connectivity index (χ1n) is 10.9. The molecule has 3 aromatic rings. The summed E-state index contributed by atoms with van der Waals surface area (Å²) in [6.45, 7) is 5.73. The molecular formula is C24H27ClN4O4. The highest BCUT2D eigenvalue weighted by molar-refractivity contribution is 6.30. The zero-order valence-corrected chi connectivity index (χ0v) is 19.5. The number of esters is 1. The number of rotatable bonds is 8. The lowest BCUT2D eigenvalue weighted by Crippen LogP contribution is -2.49. The van der Waals surface area contributed by atoms with Gasteiger partial charge in [-0.2, -0.15) is 4.98 Å². The van der Waals surface area contributed by atoms with Crippen LogP contribution in [0.15, 0.2) is 53.1 Å². The van der Waals surface area contributed by atoms with Crippen LogP contribution < -0.4 is 4.74 Å². The van der Waals surface area contributed by atoms with E-state index in [-0.39, 0.29) is 5.97 Å². The maximum Gasteiger partial charge on any atom is 0.328 e. The number of piperazine rings is 1. The molecule has 0 N–H and O–H groups in total. The highest BCUT2D eigenvalue weighted by atomic mass is 35.5. The average molecular weight is 471 g/mol. The molecule has 0 radical (unpaired) electrons. The highest BCUT2D eigenvalue weighted by Crippen LogP contribution is 2.26. The third-order valence-corrected chi connectivity index (χ3v) is 5.89. The summed E-state index contributed by atoms with van der Waals surface area (Å²) in [6.07, 6.45) is 0. The Balaban J connectivity index is 1.38. The molecule has 0 aliphatic carbocycles. The van der Waals surface area contributed by atoms with E-state index < -0.39 is 6.04 Å². The van der Waals surface area contributed by atoms with Gasteiger partial charge >= 0.3 is 5.97 Å². The number of ether oxygens (including phenoxy) is 2. The number of benzene rings is 2. The first-order chi connectivity index (χ1) is 16.1. The summed E-state index contributed by atoms with van der Waals surface area (Å²) in [5.41, 5.74) is 1.73. The number of methoxy groups -OCH3 is 1. The molecule has 1 fully saturated rings. The molecule has 0 unspecified atom stereocenters. The first kappa shape index (κ1) is 23.2. The fraction of sp³-hybridized carbons (Fsp3) is 0.375. The Morgan fingerprint density at radius 3 is 2.42 bits per heavy atom. The molecule has 1 atom stereocenters. The molecular weight excluding hydrogens is 444 g/mol. The number of hydrogen-bond donors (Lipinski definition) is 0. The van der Waals surface area contributed by atoms with Crippen LogP contribution in [0, 0.1) is 0 Å². The van der Waals surface area contributed by atoms with Gasteiger partial charge in [-0.15, -0.1) is 0 Å². The second kappa shape index (κ2) is 10.8. The van der Waals surface area contributed by atoms with Crippen LogP contribution in [0.5, 0.6) is 5.75 Å². The molecule has 1 aliphatic rings. The van der Waals surface area contributed by atoms with Crippen molar-refractivity contribution in [2.45, 2.75) is 19.5 Å². The van der Waals surface area contributed by atoms with Crippen molar-refractivity contribution >= 4 is 17.6 Å². The fourth-order valence-corrected chi connectivity index (χ4v) is 4.04. The third kappa shape index (κ3) is 5.71. The van der Waals surface area contributed by atoms with E-state index in [0.29, 0.717) is 29.9 Å². The van der Waals surface area contributed by atoms with Gasteiger partial charge in [-0.25, -0.2) is 4.79 Å². The van der Waals surface area contributed by atoms with E-state index in [1.165, 1.54) is 0 Å². The Bertz CT molecular complexity index is 1050. The largest absolute Gasteiger partial charge is 0.497 e. The average Bonchev–Trinajstić information content (AvgIpc) is 3.30. The summed E-state index contributed by atoms with van der Waals surface area (Å²) in [5.74, 6) is 1.65. The number of nitrogens with zero attached hydrogens (tertiary/aromatic N) is 4. The minimum atomic E-state index is -0.448.